The molecule has 0 fully saturated rings. The Kier molecular flexibility index (Phi) is 2.47. The molecule has 92 valence electrons. The van der Waals surface area contributed by atoms with E-state index in [1.807, 2.05) is 24.3 Å². The van der Waals surface area contributed by atoms with Crippen LogP contribution in [0.4, 0.5) is 15.8 Å². The summed E-state index contributed by atoms with van der Waals surface area (Å²) < 4.78 is 13.6. The van der Waals surface area contributed by atoms with Crippen molar-refractivity contribution < 1.29 is 4.39 Å². The Labute approximate surface area is 106 Å². The highest BCUT2D eigenvalue weighted by Crippen LogP contribution is 2.30. The predicted octanol–water partition coefficient (Wildman–Crippen LogP) is 3.24. The summed E-state index contributed by atoms with van der Waals surface area (Å²) in [6.45, 7) is 3.39. The van der Waals surface area contributed by atoms with Crippen molar-refractivity contribution in [1.29, 1.82) is 0 Å². The van der Waals surface area contributed by atoms with Gasteiger partial charge in [-0.25, -0.2) is 4.39 Å². The number of anilines is 2. The van der Waals surface area contributed by atoms with Gasteiger partial charge in [0, 0.05) is 24.5 Å². The lowest BCUT2D eigenvalue weighted by atomic mass is 10.1. The lowest BCUT2D eigenvalue weighted by molar-refractivity contribution is 0.617. The fourth-order valence-corrected chi connectivity index (χ4v) is 2.38. The molecule has 3 heteroatoms. The summed E-state index contributed by atoms with van der Waals surface area (Å²) in [5.41, 5.74) is 10.7. The zero-order valence-corrected chi connectivity index (χ0v) is 10.3. The fourth-order valence-electron chi connectivity index (χ4n) is 2.38. The molecule has 0 aromatic heterocycles. The van der Waals surface area contributed by atoms with Crippen molar-refractivity contribution in [3.8, 4) is 0 Å². The average Bonchev–Trinajstić information content (AvgIpc) is 2.75. The third-order valence-corrected chi connectivity index (χ3v) is 3.47. The molecule has 3 rings (SSSR count). The van der Waals surface area contributed by atoms with Crippen molar-refractivity contribution in [2.45, 2.75) is 20.0 Å². The van der Waals surface area contributed by atoms with Gasteiger partial charge in [-0.1, -0.05) is 12.1 Å². The molecule has 0 bridgehead atoms. The summed E-state index contributed by atoms with van der Waals surface area (Å²) in [6, 6.07) is 11.4. The summed E-state index contributed by atoms with van der Waals surface area (Å²) in [5.74, 6) is -0.150. The molecule has 2 aromatic rings. The van der Waals surface area contributed by atoms with Gasteiger partial charge in [-0.05, 0) is 47.9 Å². The lowest BCUT2D eigenvalue weighted by Gasteiger charge is -2.18. The Balaban J connectivity index is 1.91. The molecule has 1 aliphatic rings. The van der Waals surface area contributed by atoms with E-state index in [1.165, 1.54) is 11.1 Å². The van der Waals surface area contributed by atoms with E-state index < -0.39 is 0 Å². The van der Waals surface area contributed by atoms with Crippen LogP contribution in [0.1, 0.15) is 16.7 Å². The topological polar surface area (TPSA) is 29.3 Å². The quantitative estimate of drug-likeness (QED) is 0.778. The number of fused-ring (bicyclic) bond motifs is 1. The van der Waals surface area contributed by atoms with Gasteiger partial charge in [-0.2, -0.15) is 0 Å². The second kappa shape index (κ2) is 4.02. The molecule has 0 unspecified atom stereocenters. The van der Waals surface area contributed by atoms with E-state index in [-0.39, 0.29) is 5.82 Å². The first-order valence-corrected chi connectivity index (χ1v) is 6.02. The smallest absolute Gasteiger partial charge is 0.128 e. The van der Waals surface area contributed by atoms with E-state index in [2.05, 4.69) is 11.0 Å². The molecule has 0 saturated heterocycles. The Hall–Kier alpha value is -2.03. The molecule has 18 heavy (non-hydrogen) atoms. The predicted molar refractivity (Wildman–Crippen MR) is 71.9 cm³/mol. The van der Waals surface area contributed by atoms with Gasteiger partial charge >= 0.3 is 0 Å². The van der Waals surface area contributed by atoms with Crippen molar-refractivity contribution in [1.82, 2.24) is 0 Å². The number of rotatable bonds is 1. The summed E-state index contributed by atoms with van der Waals surface area (Å²) >= 11 is 0. The number of nitrogens with two attached hydrogens (primary N) is 1. The number of halogens is 1. The standard InChI is InChI=1S/C15H15FN2/c1-10-2-5-14(7-15(10)16)18-8-11-3-4-13(17)6-12(11)9-18/h2-7H,8-9,17H2,1H3. The minimum absolute atomic E-state index is 0.150. The van der Waals surface area contributed by atoms with Crippen LogP contribution < -0.4 is 10.6 Å². The maximum atomic E-state index is 13.6. The van der Waals surface area contributed by atoms with E-state index in [4.69, 9.17) is 5.73 Å². The highest BCUT2D eigenvalue weighted by atomic mass is 19.1. The molecule has 0 radical (unpaired) electrons. The van der Waals surface area contributed by atoms with Crippen LogP contribution >= 0.6 is 0 Å². The highest BCUT2D eigenvalue weighted by Gasteiger charge is 2.19. The molecule has 0 spiro atoms. The molecule has 0 aliphatic carbocycles. The van der Waals surface area contributed by atoms with Gasteiger partial charge in [-0.3, -0.25) is 0 Å². The van der Waals surface area contributed by atoms with E-state index in [0.717, 1.165) is 24.5 Å². The van der Waals surface area contributed by atoms with Crippen LogP contribution in [0.15, 0.2) is 36.4 Å². The number of aryl methyl sites for hydroxylation is 1. The van der Waals surface area contributed by atoms with Crippen LogP contribution in [0.2, 0.25) is 0 Å². The maximum Gasteiger partial charge on any atom is 0.128 e. The van der Waals surface area contributed by atoms with E-state index >= 15 is 0 Å². The van der Waals surface area contributed by atoms with E-state index in [1.54, 1.807) is 13.0 Å². The summed E-state index contributed by atoms with van der Waals surface area (Å²) in [7, 11) is 0. The molecule has 0 amide bonds. The highest BCUT2D eigenvalue weighted by molar-refractivity contribution is 5.55. The zero-order valence-electron chi connectivity index (χ0n) is 10.3. The van der Waals surface area contributed by atoms with Crippen LogP contribution in [0.25, 0.3) is 0 Å². The van der Waals surface area contributed by atoms with Gasteiger partial charge in [-0.15, -0.1) is 0 Å². The van der Waals surface area contributed by atoms with Gasteiger partial charge < -0.3 is 10.6 Å². The minimum Gasteiger partial charge on any atom is -0.399 e. The van der Waals surface area contributed by atoms with Crippen molar-refractivity contribution in [3.63, 3.8) is 0 Å². The monoisotopic (exact) mass is 242 g/mol. The first-order valence-electron chi connectivity index (χ1n) is 6.02. The SMILES string of the molecule is Cc1ccc(N2Cc3ccc(N)cc3C2)cc1F. The molecular formula is C15H15FN2. The van der Waals surface area contributed by atoms with Gasteiger partial charge in [0.15, 0.2) is 0 Å². The average molecular weight is 242 g/mol. The van der Waals surface area contributed by atoms with Crippen molar-refractivity contribution in [2.75, 3.05) is 10.6 Å². The van der Waals surface area contributed by atoms with E-state index in [0.29, 0.717) is 5.56 Å². The normalized spacial score (nSPS) is 13.8. The molecule has 2 aromatic carbocycles. The molecule has 0 saturated carbocycles. The number of hydrogen-bond donors (Lipinski definition) is 1. The largest absolute Gasteiger partial charge is 0.399 e. The number of nitrogens with zero attached hydrogens (tertiary/aromatic N) is 1. The molecule has 1 heterocycles. The first kappa shape index (κ1) is 11.1. The Morgan fingerprint density at radius 2 is 1.83 bits per heavy atom. The first-order chi connectivity index (χ1) is 8.63. The van der Waals surface area contributed by atoms with Crippen LogP contribution in [0.3, 0.4) is 0 Å². The number of nitrogen functional groups attached to an aromatic ring is 1. The van der Waals surface area contributed by atoms with Crippen molar-refractivity contribution in [2.24, 2.45) is 0 Å². The molecule has 2 nitrogen and oxygen atoms in total. The van der Waals surface area contributed by atoms with Crippen molar-refractivity contribution >= 4 is 11.4 Å². The molecule has 1 aliphatic heterocycles. The van der Waals surface area contributed by atoms with Gasteiger partial charge in [0.25, 0.3) is 0 Å². The second-order valence-corrected chi connectivity index (χ2v) is 4.82. The summed E-state index contributed by atoms with van der Waals surface area (Å²) in [6.07, 6.45) is 0. The Morgan fingerprint density at radius 1 is 1.06 bits per heavy atom. The van der Waals surface area contributed by atoms with Crippen LogP contribution in [-0.4, -0.2) is 0 Å². The van der Waals surface area contributed by atoms with Gasteiger partial charge in [0.1, 0.15) is 5.82 Å². The summed E-state index contributed by atoms with van der Waals surface area (Å²) in [4.78, 5) is 2.16. The molecular weight excluding hydrogens is 227 g/mol. The third kappa shape index (κ3) is 1.82. The Morgan fingerprint density at radius 3 is 2.61 bits per heavy atom. The van der Waals surface area contributed by atoms with Crippen molar-refractivity contribution in [3.05, 3.63) is 58.9 Å². The number of benzene rings is 2. The lowest BCUT2D eigenvalue weighted by Crippen LogP contribution is -2.14. The zero-order chi connectivity index (χ0) is 12.7. The van der Waals surface area contributed by atoms with Crippen LogP contribution in [-0.2, 0) is 13.1 Å². The van der Waals surface area contributed by atoms with Gasteiger partial charge in [0.2, 0.25) is 0 Å². The third-order valence-electron chi connectivity index (χ3n) is 3.47. The number of hydrogen-bond acceptors (Lipinski definition) is 2. The maximum absolute atomic E-state index is 13.6. The van der Waals surface area contributed by atoms with Crippen LogP contribution in [0.5, 0.6) is 0 Å². The molecule has 2 N–H and O–H groups in total. The second-order valence-electron chi connectivity index (χ2n) is 4.82. The minimum atomic E-state index is -0.150. The molecule has 0 atom stereocenters. The van der Waals surface area contributed by atoms with E-state index in [9.17, 15) is 4.39 Å². The van der Waals surface area contributed by atoms with Gasteiger partial charge in [0.05, 0.1) is 0 Å². The summed E-state index contributed by atoms with van der Waals surface area (Å²) in [5, 5.41) is 0. The Bertz CT molecular complexity index is 607. The van der Waals surface area contributed by atoms with Crippen LogP contribution in [0, 0.1) is 12.7 Å². The fraction of sp³-hybridized carbons (Fsp3) is 0.200.